The lowest BCUT2D eigenvalue weighted by Crippen LogP contribution is -2.39. The van der Waals surface area contributed by atoms with Crippen molar-refractivity contribution in [2.45, 2.75) is 45.1 Å². The van der Waals surface area contributed by atoms with Gasteiger partial charge >= 0.3 is 5.97 Å². The molecule has 1 fully saturated rings. The topological polar surface area (TPSA) is 192 Å². The van der Waals surface area contributed by atoms with E-state index in [0.717, 1.165) is 24.8 Å². The zero-order valence-electron chi connectivity index (χ0n) is 20.6. The smallest absolute Gasteiger partial charge is 0.304 e. The summed E-state index contributed by atoms with van der Waals surface area (Å²) in [4.78, 5) is 26.4. The van der Waals surface area contributed by atoms with E-state index in [1.165, 1.54) is 5.56 Å². The Labute approximate surface area is 211 Å². The van der Waals surface area contributed by atoms with Crippen LogP contribution in [0.3, 0.4) is 0 Å². The van der Waals surface area contributed by atoms with Crippen LogP contribution in [0.15, 0.2) is 54.6 Å². The molecule has 0 aromatic heterocycles. The Morgan fingerprint density at radius 1 is 1.14 bits per heavy atom. The quantitative estimate of drug-likeness (QED) is 0.248. The van der Waals surface area contributed by atoms with Gasteiger partial charge < -0.3 is 36.7 Å². The molecule has 0 radical (unpaired) electrons. The molecule has 10 heteroatoms. The summed E-state index contributed by atoms with van der Waals surface area (Å²) in [5, 5.41) is 19.3. The third kappa shape index (κ3) is 8.54. The Hall–Kier alpha value is -3.63. The number of nitrogens with one attached hydrogen (secondary N) is 2. The minimum Gasteiger partial charge on any atom is -0.491 e. The number of aryl methyl sites for hydroxylation is 1. The third-order valence-corrected chi connectivity index (χ3v) is 6.25. The summed E-state index contributed by atoms with van der Waals surface area (Å²) in [6.07, 6.45) is 2.67. The molecule has 1 aliphatic rings. The molecule has 0 bridgehead atoms. The van der Waals surface area contributed by atoms with E-state index in [2.05, 4.69) is 17.4 Å². The zero-order chi connectivity index (χ0) is 24.6. The largest absolute Gasteiger partial charge is 0.491 e. The van der Waals surface area contributed by atoms with Crippen molar-refractivity contribution < 1.29 is 30.4 Å². The van der Waals surface area contributed by atoms with Gasteiger partial charge in [0, 0.05) is 13.1 Å². The van der Waals surface area contributed by atoms with Gasteiger partial charge in [0.2, 0.25) is 5.91 Å². The molecule has 1 aliphatic heterocycles. The van der Waals surface area contributed by atoms with Gasteiger partial charge in [-0.15, -0.1) is 0 Å². The maximum Gasteiger partial charge on any atom is 0.304 e. The van der Waals surface area contributed by atoms with Gasteiger partial charge in [0.05, 0.1) is 17.9 Å². The number of rotatable bonds is 12. The maximum absolute atomic E-state index is 13.2. The van der Waals surface area contributed by atoms with Crippen molar-refractivity contribution in [2.24, 2.45) is 11.1 Å². The minimum absolute atomic E-state index is 0. The van der Waals surface area contributed by atoms with Gasteiger partial charge in [0.1, 0.15) is 12.4 Å². The van der Waals surface area contributed by atoms with Gasteiger partial charge in [-0.2, -0.15) is 0 Å². The lowest BCUT2D eigenvalue weighted by molar-refractivity contribution is -0.146. The Morgan fingerprint density at radius 2 is 1.78 bits per heavy atom. The Morgan fingerprint density at radius 3 is 2.39 bits per heavy atom. The van der Waals surface area contributed by atoms with E-state index in [-0.39, 0.29) is 35.3 Å². The maximum atomic E-state index is 13.2. The number of hydrogen-bond acceptors (Lipinski definition) is 4. The number of nitrogens with two attached hydrogens (primary N) is 1. The summed E-state index contributed by atoms with van der Waals surface area (Å²) < 4.78 is 6.02. The summed E-state index contributed by atoms with van der Waals surface area (Å²) in [6.45, 7) is 3.22. The van der Waals surface area contributed by atoms with Crippen molar-refractivity contribution in [1.82, 2.24) is 10.2 Å². The second kappa shape index (κ2) is 14.1. The molecule has 0 aliphatic carbocycles. The predicted octanol–water partition coefficient (Wildman–Crippen LogP) is 1.16. The van der Waals surface area contributed by atoms with Crippen molar-refractivity contribution in [2.75, 3.05) is 19.7 Å². The van der Waals surface area contributed by atoms with Crippen LogP contribution in [0.4, 0.5) is 0 Å². The first-order valence-electron chi connectivity index (χ1n) is 11.6. The molecular formula is C26H38N4O6. The van der Waals surface area contributed by atoms with Crippen LogP contribution in [-0.4, -0.2) is 64.5 Å². The van der Waals surface area contributed by atoms with Crippen LogP contribution in [0.5, 0.6) is 5.75 Å². The number of carboxylic acids is 1. The van der Waals surface area contributed by atoms with Gasteiger partial charge in [-0.05, 0) is 48.9 Å². The SMILES string of the molecule is C[C@@]1(CC(=O)O)C[C@H](COc2ccc(CCNC(=N)N)cc2)N(CCCc2ccccc2)C1=O.O.O. The molecule has 0 unspecified atom stereocenters. The average Bonchev–Trinajstić information content (AvgIpc) is 3.02. The molecule has 1 heterocycles. The van der Waals surface area contributed by atoms with Gasteiger partial charge in [-0.1, -0.05) is 49.4 Å². The van der Waals surface area contributed by atoms with Gasteiger partial charge in [-0.25, -0.2) is 0 Å². The lowest BCUT2D eigenvalue weighted by Gasteiger charge is -2.25. The first kappa shape index (κ1) is 30.4. The van der Waals surface area contributed by atoms with E-state index in [1.54, 1.807) is 6.92 Å². The molecular weight excluding hydrogens is 464 g/mol. The second-order valence-corrected chi connectivity index (χ2v) is 9.12. The number of aliphatic carboxylic acids is 1. The molecule has 0 saturated carbocycles. The van der Waals surface area contributed by atoms with E-state index in [1.807, 2.05) is 47.4 Å². The van der Waals surface area contributed by atoms with Crippen LogP contribution in [0.1, 0.15) is 37.3 Å². The molecule has 2 atom stereocenters. The number of likely N-dealkylation sites (tertiary alicyclic amines) is 1. The molecule has 2 aromatic carbocycles. The molecule has 9 N–H and O–H groups in total. The fourth-order valence-corrected chi connectivity index (χ4v) is 4.53. The Balaban J connectivity index is 0.00000324. The first-order chi connectivity index (χ1) is 16.3. The van der Waals surface area contributed by atoms with E-state index in [9.17, 15) is 14.7 Å². The fraction of sp³-hybridized carbons (Fsp3) is 0.423. The van der Waals surface area contributed by atoms with Crippen molar-refractivity contribution in [3.05, 3.63) is 65.7 Å². The number of amides is 1. The molecule has 3 rings (SSSR count). The minimum atomic E-state index is -0.962. The zero-order valence-corrected chi connectivity index (χ0v) is 20.6. The van der Waals surface area contributed by atoms with Crippen molar-refractivity contribution in [3.8, 4) is 5.75 Å². The monoisotopic (exact) mass is 502 g/mol. The summed E-state index contributed by atoms with van der Waals surface area (Å²) in [5.74, 6) is -0.414. The van der Waals surface area contributed by atoms with Crippen molar-refractivity contribution >= 4 is 17.8 Å². The van der Waals surface area contributed by atoms with E-state index >= 15 is 0 Å². The highest BCUT2D eigenvalue weighted by molar-refractivity contribution is 5.88. The lowest BCUT2D eigenvalue weighted by atomic mass is 9.84. The van der Waals surface area contributed by atoms with E-state index in [0.29, 0.717) is 31.9 Å². The normalized spacial score (nSPS) is 18.6. The van der Waals surface area contributed by atoms with Crippen molar-refractivity contribution in [3.63, 3.8) is 0 Å². The van der Waals surface area contributed by atoms with Crippen LogP contribution in [0, 0.1) is 10.8 Å². The number of ether oxygens (including phenoxy) is 1. The Kier molecular flexibility index (Phi) is 11.9. The molecule has 1 amide bonds. The van der Waals surface area contributed by atoms with E-state index < -0.39 is 11.4 Å². The molecule has 10 nitrogen and oxygen atoms in total. The fourth-order valence-electron chi connectivity index (χ4n) is 4.53. The van der Waals surface area contributed by atoms with Gasteiger partial charge in [0.25, 0.3) is 0 Å². The summed E-state index contributed by atoms with van der Waals surface area (Å²) in [6, 6.07) is 17.6. The van der Waals surface area contributed by atoms with Crippen LogP contribution < -0.4 is 15.8 Å². The molecule has 1 saturated heterocycles. The number of benzene rings is 2. The predicted molar refractivity (Wildman–Crippen MR) is 138 cm³/mol. The Bertz CT molecular complexity index is 986. The summed E-state index contributed by atoms with van der Waals surface area (Å²) in [5.41, 5.74) is 6.69. The highest BCUT2D eigenvalue weighted by atomic mass is 16.5. The first-order valence-corrected chi connectivity index (χ1v) is 11.6. The summed E-state index contributed by atoms with van der Waals surface area (Å²) in [7, 11) is 0. The molecule has 36 heavy (non-hydrogen) atoms. The molecule has 198 valence electrons. The van der Waals surface area contributed by atoms with Gasteiger partial charge in [0.15, 0.2) is 5.96 Å². The van der Waals surface area contributed by atoms with Crippen molar-refractivity contribution in [1.29, 1.82) is 5.41 Å². The number of guanidine groups is 1. The number of nitrogens with zero attached hydrogens (tertiary/aromatic N) is 1. The molecule has 0 spiro atoms. The number of carboxylic acid groups (broad SMARTS) is 1. The highest BCUT2D eigenvalue weighted by Gasteiger charge is 2.49. The summed E-state index contributed by atoms with van der Waals surface area (Å²) >= 11 is 0. The van der Waals surface area contributed by atoms with Crippen LogP contribution in [0.25, 0.3) is 0 Å². The van der Waals surface area contributed by atoms with E-state index in [4.69, 9.17) is 15.9 Å². The number of hydrogen-bond donors (Lipinski definition) is 4. The van der Waals surface area contributed by atoms with Crippen LogP contribution in [0.2, 0.25) is 0 Å². The second-order valence-electron chi connectivity index (χ2n) is 9.12. The third-order valence-electron chi connectivity index (χ3n) is 6.25. The van der Waals surface area contributed by atoms with Crippen LogP contribution >= 0.6 is 0 Å². The molecule has 2 aromatic rings. The number of carbonyl (C=O) groups excluding carboxylic acids is 1. The standard InChI is InChI=1S/C26H34N4O4.2H2O/c1-26(17-23(31)32)16-21(30(24(26)33)15-5-8-19-6-3-2-4-7-19)18-34-22-11-9-20(10-12-22)13-14-29-25(27)28;;/h2-4,6-7,9-12,21H,5,8,13-18H2,1H3,(H,31,32)(H4,27,28,29);2*1H2/t21-,26+;;/m1../s1. The highest BCUT2D eigenvalue weighted by Crippen LogP contribution is 2.39. The van der Waals surface area contributed by atoms with Gasteiger partial charge in [-0.3, -0.25) is 15.0 Å². The number of carbonyl (C=O) groups is 2. The average molecular weight is 503 g/mol. The van der Waals surface area contributed by atoms with Crippen LogP contribution in [-0.2, 0) is 22.4 Å².